The minimum absolute atomic E-state index is 0.222. The van der Waals surface area contributed by atoms with Crippen LogP contribution < -0.4 is 4.74 Å². The van der Waals surface area contributed by atoms with Gasteiger partial charge in [-0.15, -0.1) is 0 Å². The van der Waals surface area contributed by atoms with E-state index in [4.69, 9.17) is 9.72 Å². The molecule has 0 aliphatic carbocycles. The summed E-state index contributed by atoms with van der Waals surface area (Å²) in [6.07, 6.45) is 10.0. The number of ether oxygens (including phenoxy) is 1. The number of hydrogen-bond donors (Lipinski definition) is 0. The van der Waals surface area contributed by atoms with Crippen LogP contribution in [0.5, 0.6) is 5.75 Å². The van der Waals surface area contributed by atoms with Crippen molar-refractivity contribution in [3.05, 3.63) is 77.6 Å². The molecule has 0 unspecified atom stereocenters. The van der Waals surface area contributed by atoms with Gasteiger partial charge in [-0.2, -0.15) is 0 Å². The standard InChI is InChI=1S/C27H34N4O2/c1-3-26-28-14-17-30(26)16-13-27(32)31-15-7-9-23(20-31)24-12-11-21(19-29-24)18-22-8-5-6-10-25(22)33-4-2/h5-6,8,10-12,14,17,19,23H,3-4,7,9,13,15-16,18,20H2,1-2H3/t23-/m0/s1. The highest BCUT2D eigenvalue weighted by Crippen LogP contribution is 2.27. The van der Waals surface area contributed by atoms with Crippen molar-refractivity contribution >= 4 is 5.91 Å². The number of rotatable bonds is 9. The number of aryl methyl sites for hydroxylation is 2. The number of carbonyl (C=O) groups is 1. The summed E-state index contributed by atoms with van der Waals surface area (Å²) in [4.78, 5) is 24.0. The fraction of sp³-hybridized carbons (Fsp3) is 0.444. The SMILES string of the molecule is CCOc1ccccc1Cc1ccc([C@H]2CCCN(C(=O)CCn3ccnc3CC)C2)nc1. The molecule has 2 aromatic heterocycles. The first-order valence-electron chi connectivity index (χ1n) is 12.1. The molecule has 3 aromatic rings. The van der Waals surface area contributed by atoms with E-state index in [2.05, 4.69) is 34.7 Å². The van der Waals surface area contributed by atoms with Gasteiger partial charge in [0.25, 0.3) is 0 Å². The van der Waals surface area contributed by atoms with Crippen LogP contribution in [-0.2, 0) is 24.2 Å². The van der Waals surface area contributed by atoms with Gasteiger partial charge in [0.15, 0.2) is 0 Å². The molecule has 174 valence electrons. The second kappa shape index (κ2) is 11.1. The fourth-order valence-electron chi connectivity index (χ4n) is 4.63. The van der Waals surface area contributed by atoms with E-state index in [9.17, 15) is 4.79 Å². The van der Waals surface area contributed by atoms with Crippen LogP contribution in [0.25, 0.3) is 0 Å². The highest BCUT2D eigenvalue weighted by Gasteiger charge is 2.25. The predicted molar refractivity (Wildman–Crippen MR) is 129 cm³/mol. The summed E-state index contributed by atoms with van der Waals surface area (Å²) in [7, 11) is 0. The number of pyridine rings is 1. The Hall–Kier alpha value is -3.15. The largest absolute Gasteiger partial charge is 0.494 e. The van der Waals surface area contributed by atoms with Gasteiger partial charge in [0.1, 0.15) is 11.6 Å². The average Bonchev–Trinajstić information content (AvgIpc) is 3.32. The van der Waals surface area contributed by atoms with Crippen LogP contribution >= 0.6 is 0 Å². The molecular weight excluding hydrogens is 412 g/mol. The monoisotopic (exact) mass is 446 g/mol. The number of para-hydroxylation sites is 1. The lowest BCUT2D eigenvalue weighted by Gasteiger charge is -2.32. The Morgan fingerprint density at radius 2 is 2.03 bits per heavy atom. The third-order valence-electron chi connectivity index (χ3n) is 6.39. The van der Waals surface area contributed by atoms with Crippen molar-refractivity contribution in [2.75, 3.05) is 19.7 Å². The maximum atomic E-state index is 12.9. The lowest BCUT2D eigenvalue weighted by Crippen LogP contribution is -2.39. The van der Waals surface area contributed by atoms with E-state index in [1.165, 1.54) is 11.1 Å². The summed E-state index contributed by atoms with van der Waals surface area (Å²) in [6.45, 7) is 7.04. The van der Waals surface area contributed by atoms with Crippen LogP contribution in [0, 0.1) is 0 Å². The number of amides is 1. The van der Waals surface area contributed by atoms with E-state index in [-0.39, 0.29) is 5.91 Å². The molecule has 0 bridgehead atoms. The number of piperidine rings is 1. The fourth-order valence-corrected chi connectivity index (χ4v) is 4.63. The van der Waals surface area contributed by atoms with E-state index >= 15 is 0 Å². The number of carbonyl (C=O) groups excluding carboxylic acids is 1. The predicted octanol–water partition coefficient (Wildman–Crippen LogP) is 4.63. The van der Waals surface area contributed by atoms with Gasteiger partial charge in [-0.05, 0) is 43.0 Å². The summed E-state index contributed by atoms with van der Waals surface area (Å²) in [6, 6.07) is 12.5. The smallest absolute Gasteiger partial charge is 0.224 e. The number of aromatic nitrogens is 3. The molecule has 0 N–H and O–H groups in total. The van der Waals surface area contributed by atoms with Gasteiger partial charge in [0.05, 0.1) is 6.61 Å². The minimum atomic E-state index is 0.222. The van der Waals surface area contributed by atoms with E-state index in [1.54, 1.807) is 0 Å². The van der Waals surface area contributed by atoms with Crippen LogP contribution in [0.3, 0.4) is 0 Å². The molecule has 1 saturated heterocycles. The molecule has 3 heterocycles. The first kappa shape index (κ1) is 23.0. The Labute approximate surface area is 196 Å². The van der Waals surface area contributed by atoms with Crippen molar-refractivity contribution in [1.29, 1.82) is 0 Å². The molecule has 0 saturated carbocycles. The van der Waals surface area contributed by atoms with Crippen LogP contribution in [0.2, 0.25) is 0 Å². The number of hydrogen-bond acceptors (Lipinski definition) is 4. The Bertz CT molecular complexity index is 1040. The molecule has 1 aliphatic heterocycles. The summed E-state index contributed by atoms with van der Waals surface area (Å²) in [5.41, 5.74) is 3.42. The minimum Gasteiger partial charge on any atom is -0.494 e. The summed E-state index contributed by atoms with van der Waals surface area (Å²) in [5, 5.41) is 0. The molecule has 1 atom stereocenters. The van der Waals surface area contributed by atoms with Gasteiger partial charge in [0.2, 0.25) is 5.91 Å². The zero-order valence-corrected chi connectivity index (χ0v) is 19.7. The number of nitrogens with zero attached hydrogens (tertiary/aromatic N) is 4. The molecule has 1 aromatic carbocycles. The Kier molecular flexibility index (Phi) is 7.76. The molecular formula is C27H34N4O2. The van der Waals surface area contributed by atoms with Gasteiger partial charge >= 0.3 is 0 Å². The van der Waals surface area contributed by atoms with Gasteiger partial charge in [-0.25, -0.2) is 4.98 Å². The molecule has 0 spiro atoms. The highest BCUT2D eigenvalue weighted by atomic mass is 16.5. The van der Waals surface area contributed by atoms with Crippen LogP contribution in [0.4, 0.5) is 0 Å². The highest BCUT2D eigenvalue weighted by molar-refractivity contribution is 5.76. The quantitative estimate of drug-likeness (QED) is 0.481. The van der Waals surface area contributed by atoms with Crippen LogP contribution in [0.15, 0.2) is 55.0 Å². The third kappa shape index (κ3) is 5.81. The molecule has 1 amide bonds. The molecule has 4 rings (SSSR count). The molecule has 6 nitrogen and oxygen atoms in total. The topological polar surface area (TPSA) is 60.2 Å². The molecule has 1 aliphatic rings. The number of benzene rings is 1. The van der Waals surface area contributed by atoms with E-state index in [1.807, 2.05) is 48.6 Å². The maximum absolute atomic E-state index is 12.9. The normalized spacial score (nSPS) is 16.1. The average molecular weight is 447 g/mol. The zero-order chi connectivity index (χ0) is 23.0. The van der Waals surface area contributed by atoms with Crippen molar-refractivity contribution in [1.82, 2.24) is 19.4 Å². The maximum Gasteiger partial charge on any atom is 0.224 e. The zero-order valence-electron chi connectivity index (χ0n) is 19.7. The second-order valence-corrected chi connectivity index (χ2v) is 8.63. The van der Waals surface area contributed by atoms with Gasteiger partial charge in [0, 0.05) is 69.1 Å². The van der Waals surface area contributed by atoms with Crippen LogP contribution in [-0.4, -0.2) is 45.0 Å². The van der Waals surface area contributed by atoms with Crippen molar-refractivity contribution < 1.29 is 9.53 Å². The van der Waals surface area contributed by atoms with Crippen molar-refractivity contribution in [2.45, 2.75) is 58.4 Å². The summed E-state index contributed by atoms with van der Waals surface area (Å²) in [5.74, 6) is 2.49. The molecule has 1 fully saturated rings. The van der Waals surface area contributed by atoms with Crippen molar-refractivity contribution in [3.63, 3.8) is 0 Å². The summed E-state index contributed by atoms with van der Waals surface area (Å²) >= 11 is 0. The first-order chi connectivity index (χ1) is 16.2. The van der Waals surface area contributed by atoms with Crippen molar-refractivity contribution in [2.24, 2.45) is 0 Å². The van der Waals surface area contributed by atoms with Gasteiger partial charge in [-0.3, -0.25) is 9.78 Å². The number of likely N-dealkylation sites (tertiary alicyclic amines) is 1. The van der Waals surface area contributed by atoms with Crippen molar-refractivity contribution in [3.8, 4) is 5.75 Å². The molecule has 0 radical (unpaired) electrons. The lowest BCUT2D eigenvalue weighted by atomic mass is 9.93. The Balaban J connectivity index is 1.35. The lowest BCUT2D eigenvalue weighted by molar-refractivity contribution is -0.132. The Morgan fingerprint density at radius 1 is 1.15 bits per heavy atom. The number of imidazole rings is 1. The Morgan fingerprint density at radius 3 is 2.82 bits per heavy atom. The molecule has 33 heavy (non-hydrogen) atoms. The third-order valence-corrected chi connectivity index (χ3v) is 6.39. The van der Waals surface area contributed by atoms with Gasteiger partial charge < -0.3 is 14.2 Å². The summed E-state index contributed by atoms with van der Waals surface area (Å²) < 4.78 is 7.84. The van der Waals surface area contributed by atoms with Crippen LogP contribution in [0.1, 0.15) is 61.7 Å². The first-order valence-corrected chi connectivity index (χ1v) is 12.1. The second-order valence-electron chi connectivity index (χ2n) is 8.63. The molecule has 6 heteroatoms. The van der Waals surface area contributed by atoms with E-state index in [0.29, 0.717) is 25.5 Å². The van der Waals surface area contributed by atoms with E-state index < -0.39 is 0 Å². The van der Waals surface area contributed by atoms with Gasteiger partial charge in [-0.1, -0.05) is 31.2 Å². The van der Waals surface area contributed by atoms with E-state index in [0.717, 1.165) is 56.0 Å².